The lowest BCUT2D eigenvalue weighted by molar-refractivity contribution is 0.207. The third-order valence-electron chi connectivity index (χ3n) is 2.61. The van der Waals surface area contributed by atoms with Crippen molar-refractivity contribution >= 4 is 23.2 Å². The molecule has 1 unspecified atom stereocenters. The second-order valence-electron chi connectivity index (χ2n) is 4.40. The normalized spacial score (nSPS) is 12.4. The Morgan fingerprint density at radius 3 is 2.78 bits per heavy atom. The predicted molar refractivity (Wildman–Crippen MR) is 78.9 cm³/mol. The van der Waals surface area contributed by atoms with Crippen molar-refractivity contribution in [3.05, 3.63) is 28.2 Å². The summed E-state index contributed by atoms with van der Waals surface area (Å²) in [6, 6.07) is 5.28. The zero-order valence-corrected chi connectivity index (χ0v) is 12.5. The first-order valence-electron chi connectivity index (χ1n) is 6.46. The lowest BCUT2D eigenvalue weighted by Crippen LogP contribution is -2.19. The molecule has 2 nitrogen and oxygen atoms in total. The number of hydrogen-bond donors (Lipinski definition) is 1. The number of ether oxygens (including phenoxy) is 1. The van der Waals surface area contributed by atoms with E-state index >= 15 is 0 Å². The molecule has 4 heteroatoms. The van der Waals surface area contributed by atoms with Gasteiger partial charge in [0.25, 0.3) is 0 Å². The van der Waals surface area contributed by atoms with Crippen LogP contribution < -0.4 is 10.1 Å². The standard InChI is InChI=1S/C14H21Cl2NO/c1-3-8-17-9-4-5-11(2)18-14-10-12(15)6-7-13(14)16/h6-7,10-11,17H,3-5,8-9H2,1-2H3. The number of rotatable bonds is 8. The average molecular weight is 290 g/mol. The van der Waals surface area contributed by atoms with Crippen molar-refractivity contribution in [3.63, 3.8) is 0 Å². The van der Waals surface area contributed by atoms with Crippen molar-refractivity contribution < 1.29 is 4.74 Å². The molecule has 0 heterocycles. The van der Waals surface area contributed by atoms with Crippen LogP contribution in [0.25, 0.3) is 0 Å². The minimum absolute atomic E-state index is 0.143. The van der Waals surface area contributed by atoms with Crippen LogP contribution in [0.4, 0.5) is 0 Å². The van der Waals surface area contributed by atoms with Gasteiger partial charge >= 0.3 is 0 Å². The molecular weight excluding hydrogens is 269 g/mol. The number of halogens is 2. The fourth-order valence-electron chi connectivity index (χ4n) is 1.66. The Morgan fingerprint density at radius 2 is 2.06 bits per heavy atom. The summed E-state index contributed by atoms with van der Waals surface area (Å²) in [4.78, 5) is 0. The van der Waals surface area contributed by atoms with Gasteiger partial charge in [-0.1, -0.05) is 30.1 Å². The van der Waals surface area contributed by atoms with Crippen LogP contribution in [0.2, 0.25) is 10.0 Å². The molecule has 0 radical (unpaired) electrons. The summed E-state index contributed by atoms with van der Waals surface area (Å²) >= 11 is 12.0. The van der Waals surface area contributed by atoms with E-state index in [1.54, 1.807) is 18.2 Å². The quantitative estimate of drug-likeness (QED) is 0.710. The van der Waals surface area contributed by atoms with Gasteiger partial charge in [-0.25, -0.2) is 0 Å². The molecule has 0 amide bonds. The van der Waals surface area contributed by atoms with Crippen LogP contribution in [0.5, 0.6) is 5.75 Å². The zero-order chi connectivity index (χ0) is 13.4. The largest absolute Gasteiger partial charge is 0.489 e. The first-order valence-corrected chi connectivity index (χ1v) is 7.21. The van der Waals surface area contributed by atoms with Gasteiger partial charge in [0, 0.05) is 11.1 Å². The first kappa shape index (κ1) is 15.6. The summed E-state index contributed by atoms with van der Waals surface area (Å²) in [5.74, 6) is 0.665. The number of benzene rings is 1. The molecule has 1 N–H and O–H groups in total. The maximum absolute atomic E-state index is 6.05. The molecule has 0 saturated carbocycles. The highest BCUT2D eigenvalue weighted by Gasteiger charge is 2.07. The smallest absolute Gasteiger partial charge is 0.139 e. The molecule has 0 bridgehead atoms. The average Bonchev–Trinajstić information content (AvgIpc) is 2.33. The summed E-state index contributed by atoms with van der Waals surface area (Å²) in [5.41, 5.74) is 0. The Bertz CT molecular complexity index is 358. The maximum Gasteiger partial charge on any atom is 0.139 e. The Kier molecular flexibility index (Phi) is 7.48. The van der Waals surface area contributed by atoms with E-state index in [4.69, 9.17) is 27.9 Å². The van der Waals surface area contributed by atoms with E-state index in [0.29, 0.717) is 15.8 Å². The van der Waals surface area contributed by atoms with Crippen molar-refractivity contribution in [1.29, 1.82) is 0 Å². The molecule has 1 atom stereocenters. The highest BCUT2D eigenvalue weighted by atomic mass is 35.5. The van der Waals surface area contributed by atoms with Gasteiger partial charge in [-0.05, 0) is 51.4 Å². The summed E-state index contributed by atoms with van der Waals surface area (Å²) in [6.45, 7) is 6.33. The van der Waals surface area contributed by atoms with Crippen LogP contribution in [-0.2, 0) is 0 Å². The van der Waals surface area contributed by atoms with E-state index in [1.807, 2.05) is 0 Å². The molecule has 1 rings (SSSR count). The topological polar surface area (TPSA) is 21.3 Å². The Labute approximate surface area is 120 Å². The van der Waals surface area contributed by atoms with Gasteiger partial charge < -0.3 is 10.1 Å². The third kappa shape index (κ3) is 5.94. The van der Waals surface area contributed by atoms with Crippen LogP contribution in [-0.4, -0.2) is 19.2 Å². The lowest BCUT2D eigenvalue weighted by Gasteiger charge is -2.16. The van der Waals surface area contributed by atoms with E-state index in [9.17, 15) is 0 Å². The van der Waals surface area contributed by atoms with E-state index in [-0.39, 0.29) is 6.10 Å². The lowest BCUT2D eigenvalue weighted by atomic mass is 10.2. The van der Waals surface area contributed by atoms with Gasteiger partial charge in [0.2, 0.25) is 0 Å². The second-order valence-corrected chi connectivity index (χ2v) is 5.24. The predicted octanol–water partition coefficient (Wildman–Crippen LogP) is 4.54. The monoisotopic (exact) mass is 289 g/mol. The van der Waals surface area contributed by atoms with E-state index in [2.05, 4.69) is 19.2 Å². The summed E-state index contributed by atoms with van der Waals surface area (Å²) in [6.07, 6.45) is 3.41. The minimum Gasteiger partial charge on any atom is -0.489 e. The van der Waals surface area contributed by atoms with Crippen LogP contribution in [0.15, 0.2) is 18.2 Å². The summed E-state index contributed by atoms with van der Waals surface area (Å²) in [5, 5.41) is 4.62. The van der Waals surface area contributed by atoms with E-state index in [0.717, 1.165) is 25.9 Å². The number of hydrogen-bond acceptors (Lipinski definition) is 2. The molecule has 102 valence electrons. The first-order chi connectivity index (χ1) is 8.63. The molecule has 1 aromatic rings. The van der Waals surface area contributed by atoms with Crippen LogP contribution >= 0.6 is 23.2 Å². The van der Waals surface area contributed by atoms with E-state index < -0.39 is 0 Å². The Balaban J connectivity index is 2.30. The summed E-state index contributed by atoms with van der Waals surface area (Å²) in [7, 11) is 0. The van der Waals surface area contributed by atoms with Crippen molar-refractivity contribution in [3.8, 4) is 5.75 Å². The van der Waals surface area contributed by atoms with Gasteiger partial charge in [-0.15, -0.1) is 0 Å². The molecule has 0 aliphatic heterocycles. The van der Waals surface area contributed by atoms with Crippen LogP contribution in [0.1, 0.15) is 33.1 Å². The molecule has 18 heavy (non-hydrogen) atoms. The molecule has 0 aliphatic carbocycles. The molecule has 0 aliphatic rings. The van der Waals surface area contributed by atoms with Gasteiger partial charge in [-0.2, -0.15) is 0 Å². The molecular formula is C14H21Cl2NO. The van der Waals surface area contributed by atoms with Gasteiger partial charge in [0.15, 0.2) is 0 Å². The second kappa shape index (κ2) is 8.63. The molecule has 0 spiro atoms. The van der Waals surface area contributed by atoms with Gasteiger partial charge in [0.1, 0.15) is 5.75 Å². The van der Waals surface area contributed by atoms with Crippen LogP contribution in [0, 0.1) is 0 Å². The third-order valence-corrected chi connectivity index (χ3v) is 3.16. The van der Waals surface area contributed by atoms with Crippen molar-refractivity contribution in [2.75, 3.05) is 13.1 Å². The minimum atomic E-state index is 0.143. The SMILES string of the molecule is CCCNCCCC(C)Oc1cc(Cl)ccc1Cl. The van der Waals surface area contributed by atoms with Crippen molar-refractivity contribution in [2.24, 2.45) is 0 Å². The molecule has 0 aromatic heterocycles. The molecule has 0 fully saturated rings. The highest BCUT2D eigenvalue weighted by molar-refractivity contribution is 6.34. The zero-order valence-electron chi connectivity index (χ0n) is 11.0. The molecule has 1 aromatic carbocycles. The Morgan fingerprint density at radius 1 is 1.28 bits per heavy atom. The number of nitrogens with one attached hydrogen (secondary N) is 1. The maximum atomic E-state index is 6.05. The van der Waals surface area contributed by atoms with E-state index in [1.165, 1.54) is 6.42 Å². The van der Waals surface area contributed by atoms with Crippen molar-refractivity contribution in [1.82, 2.24) is 5.32 Å². The van der Waals surface area contributed by atoms with Crippen LogP contribution in [0.3, 0.4) is 0 Å². The fourth-order valence-corrected chi connectivity index (χ4v) is 1.98. The summed E-state index contributed by atoms with van der Waals surface area (Å²) < 4.78 is 5.79. The van der Waals surface area contributed by atoms with Gasteiger partial charge in [-0.3, -0.25) is 0 Å². The van der Waals surface area contributed by atoms with Crippen molar-refractivity contribution in [2.45, 2.75) is 39.2 Å². The highest BCUT2D eigenvalue weighted by Crippen LogP contribution is 2.28. The fraction of sp³-hybridized carbons (Fsp3) is 0.571. The molecule has 0 saturated heterocycles. The Hall–Kier alpha value is -0.440. The van der Waals surface area contributed by atoms with Gasteiger partial charge in [0.05, 0.1) is 11.1 Å².